The molecule has 2 rings (SSSR count). The fraction of sp³-hybridized carbons (Fsp3) is 0.667. The molecule has 0 spiro atoms. The van der Waals surface area contributed by atoms with Gasteiger partial charge in [-0.2, -0.15) is 18.3 Å². The molecule has 20 heavy (non-hydrogen) atoms. The van der Waals surface area contributed by atoms with Crippen molar-refractivity contribution in [2.75, 3.05) is 13.2 Å². The average Bonchev–Trinajstić information content (AvgIpc) is 2.99. The van der Waals surface area contributed by atoms with Crippen molar-refractivity contribution in [1.82, 2.24) is 15.1 Å². The van der Waals surface area contributed by atoms with Gasteiger partial charge >= 0.3 is 6.18 Å². The smallest absolute Gasteiger partial charge is 0.396 e. The molecule has 0 saturated heterocycles. The standard InChI is InChI=1S/C12H16F3N3O2/c13-12(14,15)7-18-9(1-5-17-18)10(20)16-6-4-11(8-19)2-3-11/h1,5,19H,2-4,6-8H2,(H,16,20). The summed E-state index contributed by atoms with van der Waals surface area (Å²) in [6.45, 7) is -0.880. The number of carbonyl (C=O) groups is 1. The zero-order chi connectivity index (χ0) is 14.8. The topological polar surface area (TPSA) is 67.2 Å². The first-order valence-corrected chi connectivity index (χ1v) is 6.33. The Bertz CT molecular complexity index is 481. The van der Waals surface area contributed by atoms with Gasteiger partial charge in [-0.1, -0.05) is 0 Å². The van der Waals surface area contributed by atoms with Gasteiger partial charge in [0.05, 0.1) is 0 Å². The van der Waals surface area contributed by atoms with E-state index in [9.17, 15) is 18.0 Å². The number of halogens is 3. The van der Waals surface area contributed by atoms with Crippen LogP contribution in [0, 0.1) is 5.41 Å². The highest BCUT2D eigenvalue weighted by Crippen LogP contribution is 2.47. The Hall–Kier alpha value is -1.57. The lowest BCUT2D eigenvalue weighted by atomic mass is 10.0. The maximum absolute atomic E-state index is 12.3. The maximum atomic E-state index is 12.3. The second-order valence-electron chi connectivity index (χ2n) is 5.15. The van der Waals surface area contributed by atoms with E-state index in [0.717, 1.165) is 19.0 Å². The summed E-state index contributed by atoms with van der Waals surface area (Å²) in [7, 11) is 0. The van der Waals surface area contributed by atoms with Crippen molar-refractivity contribution in [2.24, 2.45) is 5.41 Å². The van der Waals surface area contributed by atoms with Crippen LogP contribution in [0.25, 0.3) is 0 Å². The number of aromatic nitrogens is 2. The van der Waals surface area contributed by atoms with Gasteiger partial charge in [0, 0.05) is 19.3 Å². The molecule has 0 unspecified atom stereocenters. The van der Waals surface area contributed by atoms with Crippen LogP contribution in [0.2, 0.25) is 0 Å². The molecule has 0 bridgehead atoms. The maximum Gasteiger partial charge on any atom is 0.408 e. The van der Waals surface area contributed by atoms with Gasteiger partial charge in [0.25, 0.3) is 5.91 Å². The minimum absolute atomic E-state index is 0.0783. The first-order valence-electron chi connectivity index (χ1n) is 6.33. The van der Waals surface area contributed by atoms with E-state index >= 15 is 0 Å². The summed E-state index contributed by atoms with van der Waals surface area (Å²) in [5.41, 5.74) is -0.212. The number of nitrogens with one attached hydrogen (secondary N) is 1. The molecule has 2 N–H and O–H groups in total. The third-order valence-electron chi connectivity index (χ3n) is 3.51. The van der Waals surface area contributed by atoms with Crippen molar-refractivity contribution >= 4 is 5.91 Å². The van der Waals surface area contributed by atoms with Crippen LogP contribution in [0.3, 0.4) is 0 Å². The number of aliphatic hydroxyl groups is 1. The van der Waals surface area contributed by atoms with Crippen LogP contribution in [0.15, 0.2) is 12.3 Å². The third kappa shape index (κ3) is 3.72. The normalized spacial score (nSPS) is 17.0. The number of hydrogen-bond donors (Lipinski definition) is 2. The minimum Gasteiger partial charge on any atom is -0.396 e. The number of aliphatic hydroxyl groups excluding tert-OH is 1. The fourth-order valence-electron chi connectivity index (χ4n) is 2.02. The van der Waals surface area contributed by atoms with Crippen LogP contribution < -0.4 is 5.32 Å². The highest BCUT2D eigenvalue weighted by atomic mass is 19.4. The number of rotatable bonds is 6. The molecule has 112 valence electrons. The lowest BCUT2D eigenvalue weighted by Gasteiger charge is -2.13. The molecule has 0 aliphatic heterocycles. The molecule has 0 atom stereocenters. The Kier molecular flexibility index (Phi) is 4.03. The molecular weight excluding hydrogens is 275 g/mol. The second-order valence-corrected chi connectivity index (χ2v) is 5.15. The van der Waals surface area contributed by atoms with Crippen LogP contribution in [-0.2, 0) is 6.54 Å². The second kappa shape index (κ2) is 5.43. The van der Waals surface area contributed by atoms with E-state index in [2.05, 4.69) is 10.4 Å². The lowest BCUT2D eigenvalue weighted by molar-refractivity contribution is -0.142. The van der Waals surface area contributed by atoms with Crippen LogP contribution in [0.1, 0.15) is 29.8 Å². The largest absolute Gasteiger partial charge is 0.408 e. The third-order valence-corrected chi connectivity index (χ3v) is 3.51. The fourth-order valence-corrected chi connectivity index (χ4v) is 2.02. The van der Waals surface area contributed by atoms with E-state index in [4.69, 9.17) is 5.11 Å². The van der Waals surface area contributed by atoms with Crippen molar-refractivity contribution in [3.05, 3.63) is 18.0 Å². The van der Waals surface area contributed by atoms with Crippen molar-refractivity contribution < 1.29 is 23.1 Å². The summed E-state index contributed by atoms with van der Waals surface area (Å²) in [6.07, 6.45) is -0.786. The first-order chi connectivity index (χ1) is 9.35. The summed E-state index contributed by atoms with van der Waals surface area (Å²) < 4.78 is 37.5. The molecule has 1 aliphatic rings. The molecule has 1 aromatic rings. The summed E-state index contributed by atoms with van der Waals surface area (Å²) in [4.78, 5) is 11.8. The highest BCUT2D eigenvalue weighted by molar-refractivity contribution is 5.92. The minimum atomic E-state index is -4.42. The summed E-state index contributed by atoms with van der Waals surface area (Å²) in [6, 6.07) is 1.25. The van der Waals surface area contributed by atoms with Crippen LogP contribution >= 0.6 is 0 Å². The Labute approximate surface area is 113 Å². The molecule has 1 amide bonds. The van der Waals surface area contributed by atoms with Gasteiger partial charge in [0.1, 0.15) is 12.2 Å². The van der Waals surface area contributed by atoms with Gasteiger partial charge in [-0.25, -0.2) is 0 Å². The molecule has 1 heterocycles. The van der Waals surface area contributed by atoms with Crippen LogP contribution in [-0.4, -0.2) is 40.1 Å². The highest BCUT2D eigenvalue weighted by Gasteiger charge is 2.41. The molecule has 1 aromatic heterocycles. The number of nitrogens with zero attached hydrogens (tertiary/aromatic N) is 2. The summed E-state index contributed by atoms with van der Waals surface area (Å²) in [5, 5.41) is 15.2. The quantitative estimate of drug-likeness (QED) is 0.831. The molecule has 1 fully saturated rings. The Morgan fingerprint density at radius 3 is 2.75 bits per heavy atom. The zero-order valence-corrected chi connectivity index (χ0v) is 10.8. The van der Waals surface area contributed by atoms with Gasteiger partial charge in [-0.15, -0.1) is 0 Å². The monoisotopic (exact) mass is 291 g/mol. The average molecular weight is 291 g/mol. The number of amides is 1. The van der Waals surface area contributed by atoms with Gasteiger partial charge in [0.2, 0.25) is 0 Å². The molecule has 0 aromatic carbocycles. The molecular formula is C12H16F3N3O2. The molecule has 1 aliphatic carbocycles. The van der Waals surface area contributed by atoms with Crippen molar-refractivity contribution in [3.63, 3.8) is 0 Å². The Balaban J connectivity index is 1.88. The van der Waals surface area contributed by atoms with E-state index < -0.39 is 18.6 Å². The summed E-state index contributed by atoms with van der Waals surface area (Å²) in [5.74, 6) is -0.583. The van der Waals surface area contributed by atoms with Crippen LogP contribution in [0.5, 0.6) is 0 Å². The summed E-state index contributed by atoms with van der Waals surface area (Å²) >= 11 is 0. The van der Waals surface area contributed by atoms with Gasteiger partial charge < -0.3 is 10.4 Å². The first kappa shape index (κ1) is 14.8. The lowest BCUT2D eigenvalue weighted by Crippen LogP contribution is -2.30. The number of alkyl halides is 3. The zero-order valence-electron chi connectivity index (χ0n) is 10.8. The van der Waals surface area contributed by atoms with E-state index in [1.54, 1.807) is 0 Å². The van der Waals surface area contributed by atoms with Crippen molar-refractivity contribution in [1.29, 1.82) is 0 Å². The number of hydrogen-bond acceptors (Lipinski definition) is 3. The van der Waals surface area contributed by atoms with E-state index in [-0.39, 0.29) is 17.7 Å². The molecule has 5 nitrogen and oxygen atoms in total. The van der Waals surface area contributed by atoms with Crippen molar-refractivity contribution in [3.8, 4) is 0 Å². The predicted molar refractivity (Wildman–Crippen MR) is 64.0 cm³/mol. The SMILES string of the molecule is O=C(NCCC1(CO)CC1)c1ccnn1CC(F)(F)F. The van der Waals surface area contributed by atoms with Gasteiger partial charge in [-0.05, 0) is 30.7 Å². The van der Waals surface area contributed by atoms with E-state index in [0.29, 0.717) is 17.6 Å². The van der Waals surface area contributed by atoms with Gasteiger partial charge in [-0.3, -0.25) is 9.48 Å². The van der Waals surface area contributed by atoms with Crippen molar-refractivity contribution in [2.45, 2.75) is 32.0 Å². The Morgan fingerprint density at radius 2 is 2.20 bits per heavy atom. The molecule has 8 heteroatoms. The van der Waals surface area contributed by atoms with Gasteiger partial charge in [0.15, 0.2) is 0 Å². The number of carbonyl (C=O) groups excluding carboxylic acids is 1. The Morgan fingerprint density at radius 1 is 1.50 bits per heavy atom. The molecule has 1 saturated carbocycles. The van der Waals surface area contributed by atoms with E-state index in [1.807, 2.05) is 0 Å². The predicted octanol–water partition coefficient (Wildman–Crippen LogP) is 1.34. The van der Waals surface area contributed by atoms with Crippen LogP contribution in [0.4, 0.5) is 13.2 Å². The van der Waals surface area contributed by atoms with E-state index in [1.165, 1.54) is 6.07 Å². The molecule has 0 radical (unpaired) electrons.